The molecule has 0 aliphatic carbocycles. The topological polar surface area (TPSA) is 21.3 Å². The van der Waals surface area contributed by atoms with Gasteiger partial charge in [0.2, 0.25) is 0 Å². The third kappa shape index (κ3) is 1.95. The van der Waals surface area contributed by atoms with Crippen LogP contribution in [0.25, 0.3) is 0 Å². The Hall–Kier alpha value is -0.0800. The normalized spacial score (nSPS) is 36.7. The summed E-state index contributed by atoms with van der Waals surface area (Å²) in [5.74, 6) is 0. The largest absolute Gasteiger partial charge is 0.373 e. The van der Waals surface area contributed by atoms with Gasteiger partial charge in [-0.25, -0.2) is 0 Å². The summed E-state index contributed by atoms with van der Waals surface area (Å²) in [4.78, 5) is 0. The zero-order valence-corrected chi connectivity index (χ0v) is 6.18. The molecule has 1 heterocycles. The Balaban J connectivity index is 2.23. The zero-order chi connectivity index (χ0) is 6.69. The molecule has 0 aromatic heterocycles. The van der Waals surface area contributed by atoms with Crippen molar-refractivity contribution in [2.24, 2.45) is 0 Å². The van der Waals surface area contributed by atoms with E-state index >= 15 is 0 Å². The molecule has 1 saturated heterocycles. The molecule has 1 rings (SSSR count). The second kappa shape index (κ2) is 3.18. The molecule has 0 unspecified atom stereocenters. The second-order valence-corrected chi connectivity index (χ2v) is 2.64. The first kappa shape index (κ1) is 7.03. The number of morpholine rings is 1. The molecule has 1 aliphatic rings. The van der Waals surface area contributed by atoms with Crippen molar-refractivity contribution in [1.82, 2.24) is 5.32 Å². The first-order valence-electron chi connectivity index (χ1n) is 3.69. The van der Waals surface area contributed by atoms with Crippen molar-refractivity contribution in [3.63, 3.8) is 0 Å². The van der Waals surface area contributed by atoms with Crippen LogP contribution in [-0.4, -0.2) is 25.3 Å². The summed E-state index contributed by atoms with van der Waals surface area (Å²) in [7, 11) is 0. The van der Waals surface area contributed by atoms with E-state index in [0.717, 1.165) is 19.5 Å². The van der Waals surface area contributed by atoms with Gasteiger partial charge in [0.25, 0.3) is 0 Å². The van der Waals surface area contributed by atoms with E-state index in [1.807, 2.05) is 0 Å². The van der Waals surface area contributed by atoms with Gasteiger partial charge in [-0.1, -0.05) is 6.92 Å². The van der Waals surface area contributed by atoms with E-state index in [0.29, 0.717) is 12.2 Å². The smallest absolute Gasteiger partial charge is 0.0701 e. The standard InChI is InChI=1S/C7H15NO/c1-3-7-5-8-4-6(2)9-7/h6-8H,3-5H2,1-2H3/t6-,7+/m1/s1. The number of nitrogens with one attached hydrogen (secondary N) is 1. The summed E-state index contributed by atoms with van der Waals surface area (Å²) < 4.78 is 5.57. The minimum atomic E-state index is 0.406. The van der Waals surface area contributed by atoms with Gasteiger partial charge in [0.1, 0.15) is 0 Å². The number of hydrogen-bond donors (Lipinski definition) is 1. The van der Waals surface area contributed by atoms with Gasteiger partial charge in [0.05, 0.1) is 12.2 Å². The Morgan fingerprint density at radius 1 is 1.56 bits per heavy atom. The highest BCUT2D eigenvalue weighted by atomic mass is 16.5. The van der Waals surface area contributed by atoms with Crippen LogP contribution in [0.15, 0.2) is 0 Å². The molecule has 2 heteroatoms. The minimum Gasteiger partial charge on any atom is -0.373 e. The SMILES string of the molecule is CC[C@H]1CNC[C@@H](C)O1. The number of ether oxygens (including phenoxy) is 1. The molecule has 0 aromatic rings. The van der Waals surface area contributed by atoms with E-state index in [1.165, 1.54) is 0 Å². The second-order valence-electron chi connectivity index (χ2n) is 2.64. The van der Waals surface area contributed by atoms with Crippen LogP contribution in [0.5, 0.6) is 0 Å². The van der Waals surface area contributed by atoms with E-state index in [9.17, 15) is 0 Å². The Labute approximate surface area is 56.6 Å². The molecule has 0 radical (unpaired) electrons. The minimum absolute atomic E-state index is 0.406. The van der Waals surface area contributed by atoms with Crippen molar-refractivity contribution in [3.8, 4) is 0 Å². The highest BCUT2D eigenvalue weighted by molar-refractivity contribution is 4.69. The molecule has 1 fully saturated rings. The van der Waals surface area contributed by atoms with E-state index in [4.69, 9.17) is 4.74 Å². The van der Waals surface area contributed by atoms with Crippen LogP contribution >= 0.6 is 0 Å². The maximum absolute atomic E-state index is 5.57. The van der Waals surface area contributed by atoms with Crippen molar-refractivity contribution in [2.75, 3.05) is 13.1 Å². The van der Waals surface area contributed by atoms with Crippen molar-refractivity contribution >= 4 is 0 Å². The highest BCUT2D eigenvalue weighted by Gasteiger charge is 2.15. The van der Waals surface area contributed by atoms with Gasteiger partial charge in [-0.2, -0.15) is 0 Å². The summed E-state index contributed by atoms with van der Waals surface area (Å²) >= 11 is 0. The Kier molecular flexibility index (Phi) is 2.49. The lowest BCUT2D eigenvalue weighted by molar-refractivity contribution is -0.0283. The van der Waals surface area contributed by atoms with Crippen molar-refractivity contribution in [1.29, 1.82) is 0 Å². The summed E-state index contributed by atoms with van der Waals surface area (Å²) in [5.41, 5.74) is 0. The fourth-order valence-electron chi connectivity index (χ4n) is 1.11. The lowest BCUT2D eigenvalue weighted by Crippen LogP contribution is -2.42. The fourth-order valence-corrected chi connectivity index (χ4v) is 1.11. The summed E-state index contributed by atoms with van der Waals surface area (Å²) in [6.07, 6.45) is 1.98. The molecule has 1 aliphatic heterocycles. The molecule has 0 aromatic carbocycles. The zero-order valence-electron chi connectivity index (χ0n) is 6.18. The maximum atomic E-state index is 5.57. The van der Waals surface area contributed by atoms with Gasteiger partial charge in [-0.3, -0.25) is 0 Å². The number of hydrogen-bond acceptors (Lipinski definition) is 2. The molecule has 1 N–H and O–H groups in total. The van der Waals surface area contributed by atoms with Crippen LogP contribution in [0.1, 0.15) is 20.3 Å². The lowest BCUT2D eigenvalue weighted by Gasteiger charge is -2.27. The molecular weight excluding hydrogens is 114 g/mol. The molecule has 0 saturated carbocycles. The Bertz CT molecular complexity index is 85.0. The lowest BCUT2D eigenvalue weighted by atomic mass is 10.2. The van der Waals surface area contributed by atoms with E-state index in [2.05, 4.69) is 19.2 Å². The van der Waals surface area contributed by atoms with Crippen LogP contribution < -0.4 is 5.32 Å². The Morgan fingerprint density at radius 3 is 2.78 bits per heavy atom. The maximum Gasteiger partial charge on any atom is 0.0701 e. The molecule has 0 bridgehead atoms. The molecule has 2 nitrogen and oxygen atoms in total. The van der Waals surface area contributed by atoms with Crippen LogP contribution in [-0.2, 0) is 4.74 Å². The molecular formula is C7H15NO. The molecule has 0 amide bonds. The predicted octanol–water partition coefficient (Wildman–Crippen LogP) is 0.773. The fraction of sp³-hybridized carbons (Fsp3) is 1.00. The van der Waals surface area contributed by atoms with Gasteiger partial charge in [-0.05, 0) is 13.3 Å². The number of rotatable bonds is 1. The van der Waals surface area contributed by atoms with Gasteiger partial charge in [0.15, 0.2) is 0 Å². The molecule has 2 atom stereocenters. The first-order chi connectivity index (χ1) is 4.33. The van der Waals surface area contributed by atoms with E-state index < -0.39 is 0 Å². The van der Waals surface area contributed by atoms with Crippen LogP contribution in [0.3, 0.4) is 0 Å². The summed E-state index contributed by atoms with van der Waals surface area (Å²) in [5, 5.41) is 3.31. The molecule has 0 spiro atoms. The van der Waals surface area contributed by atoms with Gasteiger partial charge in [0, 0.05) is 13.1 Å². The quantitative estimate of drug-likeness (QED) is 0.564. The average Bonchev–Trinajstić information content (AvgIpc) is 1.88. The average molecular weight is 129 g/mol. The van der Waals surface area contributed by atoms with Crippen LogP contribution in [0, 0.1) is 0 Å². The first-order valence-corrected chi connectivity index (χ1v) is 3.69. The molecule has 9 heavy (non-hydrogen) atoms. The van der Waals surface area contributed by atoms with E-state index in [1.54, 1.807) is 0 Å². The van der Waals surface area contributed by atoms with Gasteiger partial charge in [-0.15, -0.1) is 0 Å². The van der Waals surface area contributed by atoms with Crippen molar-refractivity contribution < 1.29 is 4.74 Å². The highest BCUT2D eigenvalue weighted by Crippen LogP contribution is 2.05. The summed E-state index contributed by atoms with van der Waals surface area (Å²) in [6.45, 7) is 6.30. The Morgan fingerprint density at radius 2 is 2.33 bits per heavy atom. The third-order valence-corrected chi connectivity index (χ3v) is 1.68. The van der Waals surface area contributed by atoms with Gasteiger partial charge >= 0.3 is 0 Å². The van der Waals surface area contributed by atoms with Crippen molar-refractivity contribution in [2.45, 2.75) is 32.5 Å². The summed E-state index contributed by atoms with van der Waals surface area (Å²) in [6, 6.07) is 0. The van der Waals surface area contributed by atoms with Crippen LogP contribution in [0.2, 0.25) is 0 Å². The third-order valence-electron chi connectivity index (χ3n) is 1.68. The monoisotopic (exact) mass is 129 g/mol. The van der Waals surface area contributed by atoms with Crippen LogP contribution in [0.4, 0.5) is 0 Å². The van der Waals surface area contributed by atoms with E-state index in [-0.39, 0.29) is 0 Å². The molecule has 54 valence electrons. The predicted molar refractivity (Wildman–Crippen MR) is 37.5 cm³/mol. The van der Waals surface area contributed by atoms with Crippen molar-refractivity contribution in [3.05, 3.63) is 0 Å². The van der Waals surface area contributed by atoms with Gasteiger partial charge < -0.3 is 10.1 Å².